The van der Waals surface area contributed by atoms with Gasteiger partial charge in [-0.3, -0.25) is 4.79 Å². The van der Waals surface area contributed by atoms with Gasteiger partial charge in [-0.15, -0.1) is 0 Å². The topological polar surface area (TPSA) is 78.4 Å². The lowest BCUT2D eigenvalue weighted by atomic mass is 9.86. The summed E-state index contributed by atoms with van der Waals surface area (Å²) < 4.78 is 0. The Morgan fingerprint density at radius 3 is 2.21 bits per heavy atom. The van der Waals surface area contributed by atoms with E-state index in [9.17, 15) is 14.7 Å². The second kappa shape index (κ2) is 6.78. The van der Waals surface area contributed by atoms with E-state index in [1.807, 2.05) is 0 Å². The third kappa shape index (κ3) is 4.40. The number of hydrogen-bond acceptors (Lipinski definition) is 2. The zero-order chi connectivity index (χ0) is 14.5. The quantitative estimate of drug-likeness (QED) is 0.692. The predicted molar refractivity (Wildman–Crippen MR) is 73.9 cm³/mol. The third-order valence-electron chi connectivity index (χ3n) is 4.32. The second-order valence-corrected chi connectivity index (χ2v) is 6.08. The average Bonchev–Trinajstić information content (AvgIpc) is 2.83. The van der Waals surface area contributed by atoms with Crippen LogP contribution in [0.4, 0.5) is 4.79 Å². The van der Waals surface area contributed by atoms with Crippen LogP contribution in [0.25, 0.3) is 0 Å². The summed E-state index contributed by atoms with van der Waals surface area (Å²) in [5, 5.41) is 14.8. The number of rotatable bonds is 6. The van der Waals surface area contributed by atoms with E-state index >= 15 is 0 Å². The van der Waals surface area contributed by atoms with Crippen LogP contribution in [0.1, 0.15) is 46.5 Å². The molecule has 1 atom stereocenters. The second-order valence-electron chi connectivity index (χ2n) is 6.08. The predicted octanol–water partition coefficient (Wildman–Crippen LogP) is 2.22. The Labute approximate surface area is 115 Å². The van der Waals surface area contributed by atoms with Gasteiger partial charge in [0.2, 0.25) is 0 Å². The molecule has 0 spiro atoms. The molecule has 0 aliphatic heterocycles. The normalized spacial score (nSPS) is 19.2. The van der Waals surface area contributed by atoms with Gasteiger partial charge in [0.25, 0.3) is 0 Å². The Kier molecular flexibility index (Phi) is 5.63. The van der Waals surface area contributed by atoms with Crippen LogP contribution in [0.2, 0.25) is 0 Å². The number of aliphatic carboxylic acids is 1. The van der Waals surface area contributed by atoms with Crippen LogP contribution in [0.15, 0.2) is 0 Å². The van der Waals surface area contributed by atoms with Gasteiger partial charge in [0.05, 0.1) is 5.41 Å². The van der Waals surface area contributed by atoms with Crippen molar-refractivity contribution in [3.8, 4) is 0 Å². The monoisotopic (exact) mass is 270 g/mol. The fourth-order valence-corrected chi connectivity index (χ4v) is 2.32. The SMILES string of the molecule is CC(C)C(C)CNC(=O)NCC1(C(=O)O)CCCC1. The van der Waals surface area contributed by atoms with Crippen molar-refractivity contribution >= 4 is 12.0 Å². The maximum Gasteiger partial charge on any atom is 0.314 e. The molecule has 3 N–H and O–H groups in total. The van der Waals surface area contributed by atoms with Gasteiger partial charge in [0.15, 0.2) is 0 Å². The molecule has 1 aliphatic rings. The van der Waals surface area contributed by atoms with Crippen LogP contribution < -0.4 is 10.6 Å². The fourth-order valence-electron chi connectivity index (χ4n) is 2.32. The smallest absolute Gasteiger partial charge is 0.314 e. The molecule has 1 unspecified atom stereocenters. The first kappa shape index (κ1) is 15.8. The Hall–Kier alpha value is -1.26. The summed E-state index contributed by atoms with van der Waals surface area (Å²) in [6.07, 6.45) is 3.18. The Balaban J connectivity index is 2.35. The van der Waals surface area contributed by atoms with Gasteiger partial charge in [0.1, 0.15) is 0 Å². The standard InChI is InChI=1S/C14H26N2O3/c1-10(2)11(3)8-15-13(19)16-9-14(12(17)18)6-4-5-7-14/h10-11H,4-9H2,1-3H3,(H,17,18)(H2,15,16,19). The van der Waals surface area contributed by atoms with E-state index in [1.165, 1.54) is 0 Å². The van der Waals surface area contributed by atoms with Gasteiger partial charge >= 0.3 is 12.0 Å². The van der Waals surface area contributed by atoms with E-state index < -0.39 is 11.4 Å². The van der Waals surface area contributed by atoms with E-state index in [2.05, 4.69) is 31.4 Å². The first-order valence-electron chi connectivity index (χ1n) is 7.12. The number of nitrogens with one attached hydrogen (secondary N) is 2. The van der Waals surface area contributed by atoms with Crippen molar-refractivity contribution in [2.45, 2.75) is 46.5 Å². The van der Waals surface area contributed by atoms with Crippen molar-refractivity contribution in [2.24, 2.45) is 17.3 Å². The van der Waals surface area contributed by atoms with E-state index in [4.69, 9.17) is 0 Å². The van der Waals surface area contributed by atoms with Gasteiger partial charge < -0.3 is 15.7 Å². The van der Waals surface area contributed by atoms with Crippen LogP contribution in [-0.4, -0.2) is 30.2 Å². The van der Waals surface area contributed by atoms with Gasteiger partial charge in [-0.2, -0.15) is 0 Å². The van der Waals surface area contributed by atoms with E-state index in [1.54, 1.807) is 0 Å². The van der Waals surface area contributed by atoms with E-state index in [-0.39, 0.29) is 12.6 Å². The highest BCUT2D eigenvalue weighted by molar-refractivity contribution is 5.78. The van der Waals surface area contributed by atoms with Crippen molar-refractivity contribution in [3.05, 3.63) is 0 Å². The first-order valence-corrected chi connectivity index (χ1v) is 7.12. The van der Waals surface area contributed by atoms with E-state index in [0.29, 0.717) is 31.2 Å². The highest BCUT2D eigenvalue weighted by Gasteiger charge is 2.41. The van der Waals surface area contributed by atoms with Crippen molar-refractivity contribution in [3.63, 3.8) is 0 Å². The number of carboxylic acids is 1. The largest absolute Gasteiger partial charge is 0.481 e. The van der Waals surface area contributed by atoms with Gasteiger partial charge in [-0.25, -0.2) is 4.79 Å². The molecule has 5 nitrogen and oxygen atoms in total. The molecule has 110 valence electrons. The first-order chi connectivity index (χ1) is 8.87. The van der Waals surface area contributed by atoms with Crippen LogP contribution >= 0.6 is 0 Å². The molecule has 0 saturated heterocycles. The summed E-state index contributed by atoms with van der Waals surface area (Å²) in [6.45, 7) is 7.15. The Morgan fingerprint density at radius 1 is 1.16 bits per heavy atom. The molecule has 2 amide bonds. The molecule has 0 bridgehead atoms. The molecule has 1 saturated carbocycles. The maximum absolute atomic E-state index is 11.7. The fraction of sp³-hybridized carbons (Fsp3) is 0.857. The number of urea groups is 1. The molecular weight excluding hydrogens is 244 g/mol. The van der Waals surface area contributed by atoms with Gasteiger partial charge in [0, 0.05) is 13.1 Å². The van der Waals surface area contributed by atoms with Crippen molar-refractivity contribution in [1.82, 2.24) is 10.6 Å². The highest BCUT2D eigenvalue weighted by atomic mass is 16.4. The molecule has 0 aromatic carbocycles. The number of hydrogen-bond donors (Lipinski definition) is 3. The highest BCUT2D eigenvalue weighted by Crippen LogP contribution is 2.37. The molecule has 0 aromatic rings. The van der Waals surface area contributed by atoms with Crippen molar-refractivity contribution < 1.29 is 14.7 Å². The summed E-state index contributed by atoms with van der Waals surface area (Å²) in [5.74, 6) is 0.131. The Bertz CT molecular complexity index is 323. The minimum absolute atomic E-state index is 0.226. The van der Waals surface area contributed by atoms with Crippen LogP contribution in [0, 0.1) is 17.3 Å². The van der Waals surface area contributed by atoms with Gasteiger partial charge in [-0.05, 0) is 24.7 Å². The van der Waals surface area contributed by atoms with Crippen LogP contribution in [0.5, 0.6) is 0 Å². The van der Waals surface area contributed by atoms with Gasteiger partial charge in [-0.1, -0.05) is 33.6 Å². The molecule has 0 radical (unpaired) electrons. The molecular formula is C14H26N2O3. The minimum Gasteiger partial charge on any atom is -0.481 e. The Morgan fingerprint density at radius 2 is 1.74 bits per heavy atom. The average molecular weight is 270 g/mol. The lowest BCUT2D eigenvalue weighted by Gasteiger charge is -2.24. The molecule has 1 aliphatic carbocycles. The van der Waals surface area contributed by atoms with Crippen molar-refractivity contribution in [2.75, 3.05) is 13.1 Å². The number of carbonyl (C=O) groups excluding carboxylic acids is 1. The number of amides is 2. The molecule has 5 heteroatoms. The lowest BCUT2D eigenvalue weighted by molar-refractivity contribution is -0.148. The zero-order valence-electron chi connectivity index (χ0n) is 12.2. The molecule has 1 rings (SSSR count). The van der Waals surface area contributed by atoms with Crippen LogP contribution in [0.3, 0.4) is 0 Å². The third-order valence-corrected chi connectivity index (χ3v) is 4.32. The molecule has 0 aromatic heterocycles. The summed E-state index contributed by atoms with van der Waals surface area (Å²) in [5.41, 5.74) is -0.749. The zero-order valence-corrected chi connectivity index (χ0v) is 12.2. The van der Waals surface area contributed by atoms with Crippen molar-refractivity contribution in [1.29, 1.82) is 0 Å². The lowest BCUT2D eigenvalue weighted by Crippen LogP contribution is -2.46. The van der Waals surface area contributed by atoms with E-state index in [0.717, 1.165) is 12.8 Å². The molecule has 1 fully saturated rings. The number of carboxylic acid groups (broad SMARTS) is 1. The summed E-state index contributed by atoms with van der Waals surface area (Å²) in [6, 6.07) is -0.264. The molecule has 0 heterocycles. The maximum atomic E-state index is 11.7. The van der Waals surface area contributed by atoms with Crippen LogP contribution in [-0.2, 0) is 4.79 Å². The summed E-state index contributed by atoms with van der Waals surface area (Å²) >= 11 is 0. The summed E-state index contributed by atoms with van der Waals surface area (Å²) in [7, 11) is 0. The minimum atomic E-state index is -0.791. The molecule has 19 heavy (non-hydrogen) atoms. The summed E-state index contributed by atoms with van der Waals surface area (Å²) in [4.78, 5) is 23.0. The number of carbonyl (C=O) groups is 2.